The SMILES string of the molecule is C=C1C(=O)N(C)c2cc(Cl)ccc21. The number of fused-ring (bicyclic) bond motifs is 1. The summed E-state index contributed by atoms with van der Waals surface area (Å²) in [6.45, 7) is 3.72. The molecule has 0 fully saturated rings. The predicted molar refractivity (Wildman–Crippen MR) is 53.9 cm³/mol. The van der Waals surface area contributed by atoms with Crippen molar-refractivity contribution in [3.63, 3.8) is 0 Å². The number of anilines is 1. The molecule has 0 aliphatic carbocycles. The van der Waals surface area contributed by atoms with Crippen molar-refractivity contribution >= 4 is 28.8 Å². The maximum absolute atomic E-state index is 11.5. The second-order valence-electron chi connectivity index (χ2n) is 3.00. The first-order valence-electron chi connectivity index (χ1n) is 3.88. The second kappa shape index (κ2) is 2.60. The van der Waals surface area contributed by atoms with E-state index in [1.165, 1.54) is 0 Å². The molecular formula is C10H8ClNO. The molecular weight excluding hydrogens is 186 g/mol. The van der Waals surface area contributed by atoms with Crippen LogP contribution in [0.25, 0.3) is 5.57 Å². The Morgan fingerprint density at radius 3 is 2.85 bits per heavy atom. The minimum Gasteiger partial charge on any atom is -0.311 e. The van der Waals surface area contributed by atoms with E-state index in [0.717, 1.165) is 11.3 Å². The van der Waals surface area contributed by atoms with Gasteiger partial charge in [0.1, 0.15) is 0 Å². The van der Waals surface area contributed by atoms with Crippen molar-refractivity contribution in [2.24, 2.45) is 0 Å². The summed E-state index contributed by atoms with van der Waals surface area (Å²) in [5, 5.41) is 0.633. The van der Waals surface area contributed by atoms with Crippen LogP contribution in [0.2, 0.25) is 5.02 Å². The number of carbonyl (C=O) groups excluding carboxylic acids is 1. The molecule has 0 radical (unpaired) electrons. The molecule has 0 spiro atoms. The van der Waals surface area contributed by atoms with Gasteiger partial charge < -0.3 is 4.90 Å². The van der Waals surface area contributed by atoms with Gasteiger partial charge in [-0.3, -0.25) is 4.79 Å². The zero-order chi connectivity index (χ0) is 9.59. The van der Waals surface area contributed by atoms with Gasteiger partial charge in [0.05, 0.1) is 5.69 Å². The minimum absolute atomic E-state index is 0.0581. The van der Waals surface area contributed by atoms with Crippen LogP contribution in [0.3, 0.4) is 0 Å². The van der Waals surface area contributed by atoms with Gasteiger partial charge in [-0.15, -0.1) is 0 Å². The number of hydrogen-bond donors (Lipinski definition) is 0. The summed E-state index contributed by atoms with van der Waals surface area (Å²) in [7, 11) is 1.72. The van der Waals surface area contributed by atoms with Crippen molar-refractivity contribution in [3.8, 4) is 0 Å². The third-order valence-corrected chi connectivity index (χ3v) is 2.44. The molecule has 1 aliphatic rings. The molecule has 2 rings (SSSR count). The zero-order valence-corrected chi connectivity index (χ0v) is 7.93. The Labute approximate surface area is 81.4 Å². The molecule has 1 aromatic rings. The molecule has 3 heteroatoms. The normalized spacial score (nSPS) is 15.1. The van der Waals surface area contributed by atoms with Crippen LogP contribution in [0.15, 0.2) is 24.8 Å². The number of likely N-dealkylation sites (N-methyl/N-ethyl adjacent to an activating group) is 1. The first-order valence-corrected chi connectivity index (χ1v) is 4.26. The fraction of sp³-hybridized carbons (Fsp3) is 0.100. The molecule has 0 unspecified atom stereocenters. The van der Waals surface area contributed by atoms with Crippen LogP contribution in [0.4, 0.5) is 5.69 Å². The highest BCUT2D eigenvalue weighted by Crippen LogP contribution is 2.36. The van der Waals surface area contributed by atoms with Gasteiger partial charge in [0.25, 0.3) is 5.91 Å². The number of halogens is 1. The minimum atomic E-state index is -0.0581. The van der Waals surface area contributed by atoms with Crippen LogP contribution in [-0.2, 0) is 4.79 Å². The molecule has 0 bridgehead atoms. The average Bonchev–Trinajstić information content (AvgIpc) is 2.32. The van der Waals surface area contributed by atoms with Gasteiger partial charge in [-0.1, -0.05) is 24.2 Å². The molecule has 13 heavy (non-hydrogen) atoms. The van der Waals surface area contributed by atoms with E-state index in [1.54, 1.807) is 24.1 Å². The Balaban J connectivity index is 2.67. The largest absolute Gasteiger partial charge is 0.311 e. The highest BCUT2D eigenvalue weighted by molar-refractivity contribution is 6.34. The standard InChI is InChI=1S/C10H8ClNO/c1-6-8-4-3-7(11)5-9(8)12(2)10(6)13/h3-5H,1H2,2H3. The van der Waals surface area contributed by atoms with Gasteiger partial charge in [-0.2, -0.15) is 0 Å². The summed E-state index contributed by atoms with van der Waals surface area (Å²) in [5.74, 6) is -0.0581. The van der Waals surface area contributed by atoms with Crippen molar-refractivity contribution in [2.75, 3.05) is 11.9 Å². The lowest BCUT2D eigenvalue weighted by molar-refractivity contribution is -0.112. The first kappa shape index (κ1) is 8.32. The zero-order valence-electron chi connectivity index (χ0n) is 7.17. The van der Waals surface area contributed by atoms with Crippen LogP contribution in [0.5, 0.6) is 0 Å². The highest BCUT2D eigenvalue weighted by Gasteiger charge is 2.27. The monoisotopic (exact) mass is 193 g/mol. The summed E-state index contributed by atoms with van der Waals surface area (Å²) >= 11 is 5.82. The number of rotatable bonds is 0. The molecule has 0 N–H and O–H groups in total. The van der Waals surface area contributed by atoms with E-state index in [1.807, 2.05) is 6.07 Å². The lowest BCUT2D eigenvalue weighted by atomic mass is 10.1. The lowest BCUT2D eigenvalue weighted by Crippen LogP contribution is -2.19. The third-order valence-electron chi connectivity index (χ3n) is 2.21. The maximum atomic E-state index is 11.5. The molecule has 1 amide bonds. The van der Waals surface area contributed by atoms with Crippen LogP contribution in [-0.4, -0.2) is 13.0 Å². The van der Waals surface area contributed by atoms with Gasteiger partial charge in [-0.25, -0.2) is 0 Å². The van der Waals surface area contributed by atoms with E-state index >= 15 is 0 Å². The van der Waals surface area contributed by atoms with Crippen molar-refractivity contribution in [1.29, 1.82) is 0 Å². The molecule has 66 valence electrons. The lowest BCUT2D eigenvalue weighted by Gasteiger charge is -2.08. The van der Waals surface area contributed by atoms with Crippen LogP contribution in [0, 0.1) is 0 Å². The Bertz CT molecular complexity index is 411. The Hall–Kier alpha value is -1.28. The van der Waals surface area contributed by atoms with Gasteiger partial charge >= 0.3 is 0 Å². The summed E-state index contributed by atoms with van der Waals surface area (Å²) in [6, 6.07) is 5.35. The Kier molecular flexibility index (Phi) is 1.67. The van der Waals surface area contributed by atoms with Gasteiger partial charge in [0.15, 0.2) is 0 Å². The molecule has 1 aromatic carbocycles. The van der Waals surface area contributed by atoms with Crippen LogP contribution < -0.4 is 4.90 Å². The Morgan fingerprint density at radius 1 is 1.46 bits per heavy atom. The molecule has 2 nitrogen and oxygen atoms in total. The van der Waals surface area contributed by atoms with Crippen LogP contribution in [0.1, 0.15) is 5.56 Å². The maximum Gasteiger partial charge on any atom is 0.258 e. The fourth-order valence-corrected chi connectivity index (χ4v) is 1.63. The number of benzene rings is 1. The molecule has 0 aromatic heterocycles. The Morgan fingerprint density at radius 2 is 2.15 bits per heavy atom. The highest BCUT2D eigenvalue weighted by atomic mass is 35.5. The van der Waals surface area contributed by atoms with Crippen molar-refractivity contribution in [1.82, 2.24) is 0 Å². The quantitative estimate of drug-likeness (QED) is 0.579. The number of nitrogens with zero attached hydrogens (tertiary/aromatic N) is 1. The molecule has 0 atom stereocenters. The molecule has 0 saturated heterocycles. The summed E-state index contributed by atoms with van der Waals surface area (Å²) in [6.07, 6.45) is 0. The summed E-state index contributed by atoms with van der Waals surface area (Å²) in [4.78, 5) is 13.0. The molecule has 1 aliphatic heterocycles. The van der Waals surface area contributed by atoms with E-state index < -0.39 is 0 Å². The summed E-state index contributed by atoms with van der Waals surface area (Å²) in [5.41, 5.74) is 2.24. The van der Waals surface area contributed by atoms with Crippen molar-refractivity contribution < 1.29 is 4.79 Å². The van der Waals surface area contributed by atoms with E-state index in [0.29, 0.717) is 10.6 Å². The second-order valence-corrected chi connectivity index (χ2v) is 3.44. The van der Waals surface area contributed by atoms with E-state index in [9.17, 15) is 4.79 Å². The molecule has 1 heterocycles. The van der Waals surface area contributed by atoms with Crippen LogP contribution >= 0.6 is 11.6 Å². The van der Waals surface area contributed by atoms with Gasteiger partial charge in [0, 0.05) is 23.2 Å². The van der Waals surface area contributed by atoms with E-state index in [2.05, 4.69) is 6.58 Å². The van der Waals surface area contributed by atoms with Gasteiger partial charge in [0.2, 0.25) is 0 Å². The number of amides is 1. The fourth-order valence-electron chi connectivity index (χ4n) is 1.46. The number of carbonyl (C=O) groups is 1. The smallest absolute Gasteiger partial charge is 0.258 e. The summed E-state index contributed by atoms with van der Waals surface area (Å²) < 4.78 is 0. The van der Waals surface area contributed by atoms with Gasteiger partial charge in [-0.05, 0) is 12.1 Å². The predicted octanol–water partition coefficient (Wildman–Crippen LogP) is 2.33. The third kappa shape index (κ3) is 1.06. The molecule has 0 saturated carbocycles. The average molecular weight is 194 g/mol. The van der Waals surface area contributed by atoms with E-state index in [4.69, 9.17) is 11.6 Å². The topological polar surface area (TPSA) is 20.3 Å². The number of hydrogen-bond acceptors (Lipinski definition) is 1. The first-order chi connectivity index (χ1) is 6.11. The van der Waals surface area contributed by atoms with Crippen molar-refractivity contribution in [3.05, 3.63) is 35.4 Å². The van der Waals surface area contributed by atoms with E-state index in [-0.39, 0.29) is 5.91 Å². The van der Waals surface area contributed by atoms with Crippen molar-refractivity contribution in [2.45, 2.75) is 0 Å².